The fourth-order valence-corrected chi connectivity index (χ4v) is 2.41. The van der Waals surface area contributed by atoms with Gasteiger partial charge in [-0.3, -0.25) is 10.1 Å². The Morgan fingerprint density at radius 3 is 2.52 bits per heavy atom. The Bertz CT molecular complexity index is 647. The van der Waals surface area contributed by atoms with E-state index in [1.807, 2.05) is 19.9 Å². The van der Waals surface area contributed by atoms with Crippen molar-refractivity contribution in [3.63, 3.8) is 0 Å². The molecule has 112 valence electrons. The Kier molecular flexibility index (Phi) is 4.82. The molecule has 0 saturated carbocycles. The molecule has 0 aliphatic heterocycles. The summed E-state index contributed by atoms with van der Waals surface area (Å²) in [6, 6.07) is 4.71. The number of hydrogen-bond acceptors (Lipinski definition) is 4. The second-order valence-electron chi connectivity index (χ2n) is 4.80. The summed E-state index contributed by atoms with van der Waals surface area (Å²) in [6.45, 7) is 4.70. The maximum Gasteiger partial charge on any atom is 0.272 e. The zero-order valence-electron chi connectivity index (χ0n) is 11.5. The number of nitro benzene ring substituents is 1. The van der Waals surface area contributed by atoms with Gasteiger partial charge in [0.2, 0.25) is 0 Å². The molecule has 0 aliphatic rings. The molecule has 6 nitrogen and oxygen atoms in total. The molecular formula is C13H14Cl2N4O2. The lowest BCUT2D eigenvalue weighted by Crippen LogP contribution is -2.22. The zero-order chi connectivity index (χ0) is 15.6. The van der Waals surface area contributed by atoms with Gasteiger partial charge < -0.3 is 5.32 Å². The van der Waals surface area contributed by atoms with Crippen LogP contribution in [0, 0.1) is 10.1 Å². The highest BCUT2D eigenvalue weighted by Gasteiger charge is 2.16. The first-order valence-electron chi connectivity index (χ1n) is 6.30. The second-order valence-corrected chi connectivity index (χ2v) is 5.62. The molecule has 0 aliphatic carbocycles. The van der Waals surface area contributed by atoms with Crippen molar-refractivity contribution in [2.24, 2.45) is 0 Å². The Labute approximate surface area is 131 Å². The van der Waals surface area contributed by atoms with E-state index in [2.05, 4.69) is 10.4 Å². The molecule has 0 amide bonds. The number of nitro groups is 1. The highest BCUT2D eigenvalue weighted by atomic mass is 35.5. The number of hydrogen-bond donors (Lipinski definition) is 1. The lowest BCUT2D eigenvalue weighted by Gasteiger charge is -2.08. The van der Waals surface area contributed by atoms with Crippen LogP contribution in [-0.4, -0.2) is 20.7 Å². The summed E-state index contributed by atoms with van der Waals surface area (Å²) >= 11 is 12.2. The van der Waals surface area contributed by atoms with Gasteiger partial charge in [-0.25, -0.2) is 4.68 Å². The fourth-order valence-electron chi connectivity index (χ4n) is 1.77. The molecule has 0 unspecified atom stereocenters. The van der Waals surface area contributed by atoms with E-state index in [4.69, 9.17) is 23.2 Å². The topological polar surface area (TPSA) is 73.0 Å². The van der Waals surface area contributed by atoms with Crippen LogP contribution in [-0.2, 0) is 6.54 Å². The summed E-state index contributed by atoms with van der Waals surface area (Å²) in [5.41, 5.74) is 1.11. The Balaban J connectivity index is 2.32. The number of halogens is 2. The van der Waals surface area contributed by atoms with Crippen LogP contribution in [0.1, 0.15) is 19.5 Å². The van der Waals surface area contributed by atoms with Gasteiger partial charge in [-0.05, 0) is 6.07 Å². The van der Waals surface area contributed by atoms with Crippen molar-refractivity contribution in [1.29, 1.82) is 0 Å². The first kappa shape index (κ1) is 15.8. The van der Waals surface area contributed by atoms with Crippen LogP contribution < -0.4 is 5.32 Å². The van der Waals surface area contributed by atoms with Crippen molar-refractivity contribution >= 4 is 28.9 Å². The molecule has 21 heavy (non-hydrogen) atoms. The average Bonchev–Trinajstić information content (AvgIpc) is 2.84. The summed E-state index contributed by atoms with van der Waals surface area (Å²) in [7, 11) is 0. The fraction of sp³-hybridized carbons (Fsp3) is 0.308. The Morgan fingerprint density at radius 2 is 2.00 bits per heavy atom. The molecule has 2 aromatic rings. The molecule has 0 saturated heterocycles. The maximum atomic E-state index is 10.8. The smallest absolute Gasteiger partial charge is 0.272 e. The van der Waals surface area contributed by atoms with E-state index in [1.165, 1.54) is 16.8 Å². The number of nitrogens with one attached hydrogen (secondary N) is 1. The van der Waals surface area contributed by atoms with E-state index in [9.17, 15) is 10.1 Å². The van der Waals surface area contributed by atoms with Gasteiger partial charge in [0.25, 0.3) is 5.69 Å². The molecule has 0 radical (unpaired) electrons. The van der Waals surface area contributed by atoms with Gasteiger partial charge >= 0.3 is 0 Å². The van der Waals surface area contributed by atoms with Crippen molar-refractivity contribution in [2.45, 2.75) is 26.4 Å². The SMILES string of the molecule is CC(C)NCc1ccn(-c2c(Cl)cc([N+](=O)[O-])cc2Cl)n1. The molecule has 0 spiro atoms. The van der Waals surface area contributed by atoms with Crippen molar-refractivity contribution in [2.75, 3.05) is 0 Å². The summed E-state index contributed by atoms with van der Waals surface area (Å²) in [5.74, 6) is 0. The lowest BCUT2D eigenvalue weighted by atomic mass is 10.3. The number of benzene rings is 1. The summed E-state index contributed by atoms with van der Waals surface area (Å²) in [4.78, 5) is 10.2. The molecule has 0 bridgehead atoms. The predicted molar refractivity (Wildman–Crippen MR) is 82.2 cm³/mol. The maximum absolute atomic E-state index is 10.8. The van der Waals surface area contributed by atoms with E-state index in [0.717, 1.165) is 5.69 Å². The minimum atomic E-state index is -0.539. The number of rotatable bonds is 5. The third kappa shape index (κ3) is 3.72. The number of non-ortho nitro benzene ring substituents is 1. The molecule has 1 heterocycles. The molecule has 0 atom stereocenters. The third-order valence-electron chi connectivity index (χ3n) is 2.78. The molecule has 1 aromatic heterocycles. The highest BCUT2D eigenvalue weighted by molar-refractivity contribution is 6.38. The zero-order valence-corrected chi connectivity index (χ0v) is 13.0. The number of nitrogens with zero attached hydrogens (tertiary/aromatic N) is 3. The van der Waals surface area contributed by atoms with Gasteiger partial charge in [0, 0.05) is 30.9 Å². The second kappa shape index (κ2) is 6.43. The Morgan fingerprint density at radius 1 is 1.38 bits per heavy atom. The molecule has 8 heteroatoms. The molecule has 1 N–H and O–H groups in total. The van der Waals surface area contributed by atoms with E-state index in [-0.39, 0.29) is 15.7 Å². The van der Waals surface area contributed by atoms with E-state index >= 15 is 0 Å². The van der Waals surface area contributed by atoms with Crippen LogP contribution >= 0.6 is 23.2 Å². The summed E-state index contributed by atoms with van der Waals surface area (Å²) in [5, 5.41) is 18.7. The van der Waals surface area contributed by atoms with Crippen LogP contribution in [0.5, 0.6) is 0 Å². The van der Waals surface area contributed by atoms with Crippen molar-refractivity contribution in [1.82, 2.24) is 15.1 Å². The third-order valence-corrected chi connectivity index (χ3v) is 3.35. The normalized spacial score (nSPS) is 11.1. The molecule has 0 fully saturated rings. The van der Waals surface area contributed by atoms with E-state index < -0.39 is 4.92 Å². The Hall–Kier alpha value is -1.63. The number of aromatic nitrogens is 2. The minimum absolute atomic E-state index is 0.150. The highest BCUT2D eigenvalue weighted by Crippen LogP contribution is 2.32. The van der Waals surface area contributed by atoms with Gasteiger partial charge in [0.05, 0.1) is 20.7 Å². The summed E-state index contributed by atoms with van der Waals surface area (Å²) < 4.78 is 1.52. The predicted octanol–water partition coefficient (Wildman–Crippen LogP) is 3.59. The van der Waals surface area contributed by atoms with Gasteiger partial charge in [0.1, 0.15) is 5.69 Å². The van der Waals surface area contributed by atoms with Crippen LogP contribution in [0.2, 0.25) is 10.0 Å². The van der Waals surface area contributed by atoms with E-state index in [1.54, 1.807) is 6.20 Å². The standard InChI is InChI=1S/C13H14Cl2N4O2/c1-8(2)16-7-9-3-4-18(17-9)13-11(14)5-10(19(20)21)6-12(13)15/h3-6,8,16H,7H2,1-2H3. The lowest BCUT2D eigenvalue weighted by molar-refractivity contribution is -0.384. The van der Waals surface area contributed by atoms with Crippen molar-refractivity contribution < 1.29 is 4.92 Å². The average molecular weight is 329 g/mol. The minimum Gasteiger partial charge on any atom is -0.309 e. The largest absolute Gasteiger partial charge is 0.309 e. The van der Waals surface area contributed by atoms with Crippen LogP contribution in [0.25, 0.3) is 5.69 Å². The first-order chi connectivity index (χ1) is 9.88. The quantitative estimate of drug-likeness (QED) is 0.672. The molecule has 2 rings (SSSR count). The van der Waals surface area contributed by atoms with Crippen LogP contribution in [0.15, 0.2) is 24.4 Å². The van der Waals surface area contributed by atoms with Crippen molar-refractivity contribution in [3.8, 4) is 5.69 Å². The van der Waals surface area contributed by atoms with E-state index in [0.29, 0.717) is 18.3 Å². The van der Waals surface area contributed by atoms with Gasteiger partial charge in [-0.2, -0.15) is 5.10 Å². The van der Waals surface area contributed by atoms with Gasteiger partial charge in [0.15, 0.2) is 0 Å². The molecule has 1 aromatic carbocycles. The first-order valence-corrected chi connectivity index (χ1v) is 7.06. The monoisotopic (exact) mass is 328 g/mol. The molecular weight excluding hydrogens is 315 g/mol. The summed E-state index contributed by atoms with van der Waals surface area (Å²) in [6.07, 6.45) is 1.72. The van der Waals surface area contributed by atoms with Gasteiger partial charge in [-0.1, -0.05) is 37.0 Å². The van der Waals surface area contributed by atoms with Gasteiger partial charge in [-0.15, -0.1) is 0 Å². The van der Waals surface area contributed by atoms with Crippen molar-refractivity contribution in [3.05, 3.63) is 50.2 Å². The van der Waals surface area contributed by atoms with Crippen LogP contribution in [0.3, 0.4) is 0 Å². The van der Waals surface area contributed by atoms with Crippen LogP contribution in [0.4, 0.5) is 5.69 Å².